The molecule has 0 aliphatic heterocycles. The van der Waals surface area contributed by atoms with Gasteiger partial charge in [0, 0.05) is 13.0 Å². The maximum absolute atomic E-state index is 11.7. The minimum atomic E-state index is -0.691. The van der Waals surface area contributed by atoms with Crippen LogP contribution >= 0.6 is 0 Å². The molecular formula is C16H20N6O3. The molecule has 0 aliphatic rings. The van der Waals surface area contributed by atoms with Crippen LogP contribution in [0.15, 0.2) is 39.0 Å². The molecule has 1 amide bonds. The second-order valence-electron chi connectivity index (χ2n) is 5.65. The van der Waals surface area contributed by atoms with Gasteiger partial charge in [-0.05, 0) is 17.0 Å². The lowest BCUT2D eigenvalue weighted by Gasteiger charge is -2.04. The van der Waals surface area contributed by atoms with E-state index < -0.39 is 11.2 Å². The summed E-state index contributed by atoms with van der Waals surface area (Å²) in [5.41, 5.74) is 3.18. The molecule has 0 unspecified atom stereocenters. The van der Waals surface area contributed by atoms with Gasteiger partial charge in [-0.3, -0.25) is 14.6 Å². The number of carbonyl (C=O) groups is 1. The number of anilines is 1. The van der Waals surface area contributed by atoms with Crippen molar-refractivity contribution in [3.8, 4) is 0 Å². The summed E-state index contributed by atoms with van der Waals surface area (Å²) in [6, 6.07) is 7.90. The maximum atomic E-state index is 11.7. The number of carbonyl (C=O) groups excluding carboxylic acids is 1. The van der Waals surface area contributed by atoms with Crippen LogP contribution in [0.3, 0.4) is 0 Å². The number of hydrogen-bond acceptors (Lipinski definition) is 6. The van der Waals surface area contributed by atoms with Gasteiger partial charge in [0.05, 0.1) is 6.21 Å². The van der Waals surface area contributed by atoms with Crippen molar-refractivity contribution in [3.05, 3.63) is 56.2 Å². The first-order valence-electron chi connectivity index (χ1n) is 7.80. The van der Waals surface area contributed by atoms with Crippen molar-refractivity contribution in [3.63, 3.8) is 0 Å². The lowest BCUT2D eigenvalue weighted by atomic mass is 10.0. The molecule has 0 saturated heterocycles. The Morgan fingerprint density at radius 3 is 2.64 bits per heavy atom. The lowest BCUT2D eigenvalue weighted by Crippen LogP contribution is -2.28. The minimum absolute atomic E-state index is 0.0545. The van der Waals surface area contributed by atoms with E-state index in [4.69, 9.17) is 0 Å². The lowest BCUT2D eigenvalue weighted by molar-refractivity contribution is -0.120. The second kappa shape index (κ2) is 8.57. The van der Waals surface area contributed by atoms with Gasteiger partial charge in [-0.25, -0.2) is 15.3 Å². The minimum Gasteiger partial charge on any atom is -0.364 e. The van der Waals surface area contributed by atoms with E-state index in [2.05, 4.69) is 39.9 Å². The van der Waals surface area contributed by atoms with Crippen molar-refractivity contribution in [2.24, 2.45) is 5.10 Å². The SMILES string of the molecule is CC(C)c1ccc(/C=N/NC(=O)CCNc2n[nH]c(=O)[nH]c2=O)cc1. The van der Waals surface area contributed by atoms with Crippen molar-refractivity contribution in [1.82, 2.24) is 20.6 Å². The molecular weight excluding hydrogens is 324 g/mol. The van der Waals surface area contributed by atoms with Crippen LogP contribution in [0.5, 0.6) is 0 Å². The summed E-state index contributed by atoms with van der Waals surface area (Å²) >= 11 is 0. The normalized spacial score (nSPS) is 11.0. The van der Waals surface area contributed by atoms with Crippen LogP contribution in [0.1, 0.15) is 37.3 Å². The molecule has 0 saturated carbocycles. The fraction of sp³-hybridized carbons (Fsp3) is 0.312. The number of aromatic amines is 2. The van der Waals surface area contributed by atoms with Gasteiger partial charge in [-0.15, -0.1) is 5.10 Å². The molecule has 0 fully saturated rings. The summed E-state index contributed by atoms with van der Waals surface area (Å²) in [7, 11) is 0. The zero-order valence-corrected chi connectivity index (χ0v) is 14.0. The first-order chi connectivity index (χ1) is 12.0. The zero-order valence-electron chi connectivity index (χ0n) is 14.0. The van der Waals surface area contributed by atoms with E-state index in [1.54, 1.807) is 6.21 Å². The Morgan fingerprint density at radius 1 is 1.28 bits per heavy atom. The summed E-state index contributed by atoms with van der Waals surface area (Å²) in [4.78, 5) is 35.9. The highest BCUT2D eigenvalue weighted by Gasteiger charge is 2.03. The fourth-order valence-electron chi connectivity index (χ4n) is 1.96. The molecule has 1 heterocycles. The summed E-state index contributed by atoms with van der Waals surface area (Å²) in [6.45, 7) is 4.41. The molecule has 9 heteroatoms. The molecule has 1 aromatic carbocycles. The summed E-state index contributed by atoms with van der Waals surface area (Å²) in [5.74, 6) is 0.0897. The number of nitrogens with one attached hydrogen (secondary N) is 4. The first kappa shape index (κ1) is 18.1. The fourth-order valence-corrected chi connectivity index (χ4v) is 1.96. The number of amides is 1. The maximum Gasteiger partial charge on any atom is 0.342 e. The van der Waals surface area contributed by atoms with E-state index in [9.17, 15) is 14.4 Å². The van der Waals surface area contributed by atoms with Gasteiger partial charge >= 0.3 is 5.69 Å². The van der Waals surface area contributed by atoms with Crippen molar-refractivity contribution < 1.29 is 4.79 Å². The van der Waals surface area contributed by atoms with Crippen LogP contribution in [-0.2, 0) is 4.79 Å². The van der Waals surface area contributed by atoms with E-state index in [1.807, 2.05) is 29.2 Å². The van der Waals surface area contributed by atoms with Gasteiger partial charge in [-0.1, -0.05) is 38.1 Å². The Morgan fingerprint density at radius 2 is 2.00 bits per heavy atom. The van der Waals surface area contributed by atoms with E-state index in [-0.39, 0.29) is 24.7 Å². The van der Waals surface area contributed by atoms with E-state index >= 15 is 0 Å². The summed E-state index contributed by atoms with van der Waals surface area (Å²) < 4.78 is 0. The molecule has 0 radical (unpaired) electrons. The third-order valence-corrected chi connectivity index (χ3v) is 3.36. The number of rotatable bonds is 7. The van der Waals surface area contributed by atoms with E-state index in [0.717, 1.165) is 5.56 Å². The van der Waals surface area contributed by atoms with E-state index in [0.29, 0.717) is 5.92 Å². The number of nitrogens with zero attached hydrogens (tertiary/aromatic N) is 2. The smallest absolute Gasteiger partial charge is 0.342 e. The average molecular weight is 344 g/mol. The third-order valence-electron chi connectivity index (χ3n) is 3.36. The predicted molar refractivity (Wildman–Crippen MR) is 94.9 cm³/mol. The van der Waals surface area contributed by atoms with Crippen molar-refractivity contribution in [2.75, 3.05) is 11.9 Å². The van der Waals surface area contributed by atoms with Gasteiger partial charge in [-0.2, -0.15) is 5.10 Å². The highest BCUT2D eigenvalue weighted by atomic mass is 16.2. The number of benzene rings is 1. The van der Waals surface area contributed by atoms with Crippen molar-refractivity contribution >= 4 is 17.9 Å². The molecule has 2 aromatic rings. The molecule has 0 spiro atoms. The monoisotopic (exact) mass is 344 g/mol. The Labute approximate surface area is 143 Å². The molecule has 4 N–H and O–H groups in total. The number of H-pyrrole nitrogens is 2. The zero-order chi connectivity index (χ0) is 18.2. The van der Waals surface area contributed by atoms with Crippen LogP contribution in [0, 0.1) is 0 Å². The molecule has 9 nitrogen and oxygen atoms in total. The largest absolute Gasteiger partial charge is 0.364 e. The van der Waals surface area contributed by atoms with Gasteiger partial charge in [0.25, 0.3) is 5.56 Å². The van der Waals surface area contributed by atoms with E-state index in [1.165, 1.54) is 5.56 Å². The molecule has 2 rings (SSSR count). The molecule has 0 atom stereocenters. The standard InChI is InChI=1S/C16H20N6O3/c1-10(2)12-5-3-11(4-6-12)9-18-20-13(23)7-8-17-14-15(24)19-16(25)22-21-14/h3-6,9-10H,7-8H2,1-2H3,(H,17,21)(H,20,23)(H2,19,22,24,25)/b18-9+. The van der Waals surface area contributed by atoms with Crippen LogP contribution in [0.2, 0.25) is 0 Å². The van der Waals surface area contributed by atoms with Gasteiger partial charge < -0.3 is 5.32 Å². The van der Waals surface area contributed by atoms with Crippen LogP contribution in [0.25, 0.3) is 0 Å². The summed E-state index contributed by atoms with van der Waals surface area (Å²) in [5, 5.41) is 12.2. The summed E-state index contributed by atoms with van der Waals surface area (Å²) in [6.07, 6.45) is 1.65. The van der Waals surface area contributed by atoms with Gasteiger partial charge in [0.2, 0.25) is 11.7 Å². The topological polar surface area (TPSA) is 132 Å². The average Bonchev–Trinajstić information content (AvgIpc) is 2.57. The quantitative estimate of drug-likeness (QED) is 0.430. The first-order valence-corrected chi connectivity index (χ1v) is 7.80. The predicted octanol–water partition coefficient (Wildman–Crippen LogP) is 0.534. The highest BCUT2D eigenvalue weighted by Crippen LogP contribution is 2.13. The Kier molecular flexibility index (Phi) is 6.21. The van der Waals surface area contributed by atoms with Crippen molar-refractivity contribution in [1.29, 1.82) is 0 Å². The van der Waals surface area contributed by atoms with Crippen LogP contribution in [-0.4, -0.2) is 33.8 Å². The highest BCUT2D eigenvalue weighted by molar-refractivity contribution is 5.82. The Hall–Kier alpha value is -3.23. The number of aromatic nitrogens is 3. The Balaban J connectivity index is 1.76. The molecule has 0 bridgehead atoms. The molecule has 1 aromatic heterocycles. The van der Waals surface area contributed by atoms with Gasteiger partial charge in [0.15, 0.2) is 0 Å². The molecule has 132 valence electrons. The van der Waals surface area contributed by atoms with Crippen LogP contribution < -0.4 is 22.0 Å². The number of hydrazone groups is 1. The molecule has 25 heavy (non-hydrogen) atoms. The number of hydrogen-bond donors (Lipinski definition) is 4. The van der Waals surface area contributed by atoms with Gasteiger partial charge in [0.1, 0.15) is 0 Å². The molecule has 0 aliphatic carbocycles. The third kappa shape index (κ3) is 5.72. The van der Waals surface area contributed by atoms with Crippen LogP contribution in [0.4, 0.5) is 5.82 Å². The van der Waals surface area contributed by atoms with Crippen molar-refractivity contribution in [2.45, 2.75) is 26.2 Å². The Bertz CT molecular complexity index is 851. The second-order valence-corrected chi connectivity index (χ2v) is 5.65.